The Bertz CT molecular complexity index is 655. The second-order valence-corrected chi connectivity index (χ2v) is 6.82. The molecule has 0 radical (unpaired) electrons. The highest BCUT2D eigenvalue weighted by Gasteiger charge is 2.28. The summed E-state index contributed by atoms with van der Waals surface area (Å²) in [6.07, 6.45) is -0.0370. The van der Waals surface area contributed by atoms with Crippen molar-refractivity contribution in [2.75, 3.05) is 0 Å². The van der Waals surface area contributed by atoms with Crippen molar-refractivity contribution in [3.63, 3.8) is 0 Å². The van der Waals surface area contributed by atoms with Crippen LogP contribution in [-0.2, 0) is 0 Å². The van der Waals surface area contributed by atoms with Crippen molar-refractivity contribution in [3.05, 3.63) is 62.0 Å². The molecule has 0 bridgehead atoms. The van der Waals surface area contributed by atoms with Crippen LogP contribution in [-0.4, -0.2) is 5.11 Å². The van der Waals surface area contributed by atoms with E-state index < -0.39 is 6.10 Å². The average molecular weight is 398 g/mol. The lowest BCUT2D eigenvalue weighted by atomic mass is 9.95. The molecule has 0 aliphatic carbocycles. The van der Waals surface area contributed by atoms with E-state index in [0.717, 1.165) is 25.8 Å². The van der Waals surface area contributed by atoms with E-state index in [1.807, 2.05) is 18.2 Å². The second-order valence-electron chi connectivity index (χ2n) is 5.05. The van der Waals surface area contributed by atoms with Crippen LogP contribution in [0.4, 0.5) is 0 Å². The summed E-state index contributed by atoms with van der Waals surface area (Å²) >= 11 is 6.98. The van der Waals surface area contributed by atoms with Gasteiger partial charge in [0, 0.05) is 20.9 Å². The summed E-state index contributed by atoms with van der Waals surface area (Å²) in [5.41, 5.74) is 3.12. The van der Waals surface area contributed by atoms with Crippen molar-refractivity contribution in [2.45, 2.75) is 25.6 Å². The number of halogens is 2. The van der Waals surface area contributed by atoms with Crippen LogP contribution in [0, 0.1) is 6.92 Å². The highest BCUT2D eigenvalue weighted by Crippen LogP contribution is 2.42. The number of fused-ring (bicyclic) bond motifs is 1. The van der Waals surface area contributed by atoms with E-state index in [1.54, 1.807) is 0 Å². The Morgan fingerprint density at radius 1 is 1.15 bits per heavy atom. The van der Waals surface area contributed by atoms with Crippen molar-refractivity contribution < 1.29 is 9.84 Å². The molecule has 20 heavy (non-hydrogen) atoms. The van der Waals surface area contributed by atoms with Crippen LogP contribution in [0.1, 0.15) is 35.3 Å². The quantitative estimate of drug-likeness (QED) is 0.727. The number of rotatable bonds is 1. The minimum atomic E-state index is -0.489. The summed E-state index contributed by atoms with van der Waals surface area (Å²) in [5.74, 6) is 0.750. The molecule has 2 atom stereocenters. The molecule has 104 valence electrons. The molecule has 0 saturated heterocycles. The van der Waals surface area contributed by atoms with E-state index >= 15 is 0 Å². The van der Waals surface area contributed by atoms with Crippen LogP contribution in [0.15, 0.2) is 45.3 Å². The van der Waals surface area contributed by atoms with Crippen molar-refractivity contribution in [1.29, 1.82) is 0 Å². The van der Waals surface area contributed by atoms with Crippen LogP contribution in [0.25, 0.3) is 0 Å². The van der Waals surface area contributed by atoms with Crippen LogP contribution in [0.2, 0.25) is 0 Å². The highest BCUT2D eigenvalue weighted by atomic mass is 79.9. The minimum Gasteiger partial charge on any atom is -0.485 e. The molecule has 3 rings (SSSR count). The number of aliphatic hydroxyl groups is 1. The molecule has 0 aromatic heterocycles. The number of ether oxygens (including phenoxy) is 1. The van der Waals surface area contributed by atoms with Gasteiger partial charge < -0.3 is 9.84 Å². The first-order chi connectivity index (χ1) is 9.54. The molecule has 0 amide bonds. The van der Waals surface area contributed by atoms with Gasteiger partial charge in [0.15, 0.2) is 0 Å². The minimum absolute atomic E-state index is 0.122. The Kier molecular flexibility index (Phi) is 3.89. The summed E-state index contributed by atoms with van der Waals surface area (Å²) in [5, 5.41) is 10.3. The standard InChI is InChI=1S/C16H14Br2O2/c1-9-2-3-10(6-13(9)18)15-8-14(19)12-5-4-11(17)7-16(12)20-15/h2-7,14-15,19H,8H2,1H3. The lowest BCUT2D eigenvalue weighted by molar-refractivity contribution is 0.0656. The molecule has 0 fully saturated rings. The third kappa shape index (κ3) is 2.65. The SMILES string of the molecule is Cc1ccc(C2CC(O)c3ccc(Br)cc3O2)cc1Br. The summed E-state index contributed by atoms with van der Waals surface area (Å²) in [7, 11) is 0. The molecule has 2 aromatic carbocycles. The number of aliphatic hydroxyl groups excluding tert-OH is 1. The molecule has 4 heteroatoms. The molecule has 2 aromatic rings. The van der Waals surface area contributed by atoms with Gasteiger partial charge in [-0.3, -0.25) is 0 Å². The van der Waals surface area contributed by atoms with Gasteiger partial charge in [-0.1, -0.05) is 50.1 Å². The normalized spacial score (nSPS) is 21.2. The molecular formula is C16H14Br2O2. The number of benzene rings is 2. The van der Waals surface area contributed by atoms with Crippen molar-refractivity contribution in [2.24, 2.45) is 0 Å². The van der Waals surface area contributed by atoms with E-state index in [9.17, 15) is 5.11 Å². The first-order valence-electron chi connectivity index (χ1n) is 6.45. The fourth-order valence-corrected chi connectivity index (χ4v) is 3.17. The molecule has 0 saturated carbocycles. The van der Waals surface area contributed by atoms with Gasteiger partial charge in [-0.25, -0.2) is 0 Å². The van der Waals surface area contributed by atoms with Crippen LogP contribution >= 0.6 is 31.9 Å². The largest absolute Gasteiger partial charge is 0.485 e. The Labute approximate surface area is 135 Å². The van der Waals surface area contributed by atoms with Crippen molar-refractivity contribution in [3.8, 4) is 5.75 Å². The number of hydrogen-bond acceptors (Lipinski definition) is 2. The topological polar surface area (TPSA) is 29.5 Å². The van der Waals surface area contributed by atoms with Crippen LogP contribution in [0.3, 0.4) is 0 Å². The van der Waals surface area contributed by atoms with Crippen LogP contribution in [0.5, 0.6) is 5.75 Å². The van der Waals surface area contributed by atoms with Gasteiger partial charge in [0.2, 0.25) is 0 Å². The van der Waals surface area contributed by atoms with Crippen LogP contribution < -0.4 is 4.74 Å². The Hall–Kier alpha value is -0.840. The third-order valence-corrected chi connectivity index (χ3v) is 4.96. The molecule has 1 aliphatic heterocycles. The van der Waals surface area contributed by atoms with Gasteiger partial charge in [-0.2, -0.15) is 0 Å². The number of aryl methyl sites for hydroxylation is 1. The van der Waals surface area contributed by atoms with E-state index in [2.05, 4.69) is 57.0 Å². The zero-order valence-electron chi connectivity index (χ0n) is 10.9. The van der Waals surface area contributed by atoms with Gasteiger partial charge in [0.25, 0.3) is 0 Å². The van der Waals surface area contributed by atoms with Crippen molar-refractivity contribution >= 4 is 31.9 Å². The summed E-state index contributed by atoms with van der Waals surface area (Å²) in [4.78, 5) is 0. The van der Waals surface area contributed by atoms with Gasteiger partial charge in [-0.05, 0) is 36.2 Å². The summed E-state index contributed by atoms with van der Waals surface area (Å²) in [6.45, 7) is 2.05. The maximum Gasteiger partial charge on any atom is 0.127 e. The monoisotopic (exact) mass is 396 g/mol. The molecule has 0 spiro atoms. The van der Waals surface area contributed by atoms with E-state index in [1.165, 1.54) is 5.56 Å². The first kappa shape index (κ1) is 14.1. The summed E-state index contributed by atoms with van der Waals surface area (Å²) < 4.78 is 8.07. The molecular weight excluding hydrogens is 384 g/mol. The first-order valence-corrected chi connectivity index (χ1v) is 8.03. The fourth-order valence-electron chi connectivity index (χ4n) is 2.43. The lowest BCUT2D eigenvalue weighted by Crippen LogP contribution is -2.19. The zero-order chi connectivity index (χ0) is 14.3. The average Bonchev–Trinajstić information content (AvgIpc) is 2.41. The fraction of sp³-hybridized carbons (Fsp3) is 0.250. The van der Waals surface area contributed by atoms with E-state index in [4.69, 9.17) is 4.74 Å². The van der Waals surface area contributed by atoms with Crippen molar-refractivity contribution in [1.82, 2.24) is 0 Å². The Morgan fingerprint density at radius 3 is 2.70 bits per heavy atom. The predicted octanol–water partition coefficient (Wildman–Crippen LogP) is 5.08. The van der Waals surface area contributed by atoms with E-state index in [-0.39, 0.29) is 6.10 Å². The Balaban J connectivity index is 1.96. The summed E-state index contributed by atoms with van der Waals surface area (Å²) in [6, 6.07) is 11.9. The van der Waals surface area contributed by atoms with Gasteiger partial charge in [0.05, 0.1) is 6.10 Å². The van der Waals surface area contributed by atoms with Gasteiger partial charge in [-0.15, -0.1) is 0 Å². The zero-order valence-corrected chi connectivity index (χ0v) is 14.1. The van der Waals surface area contributed by atoms with E-state index in [0.29, 0.717) is 6.42 Å². The maximum atomic E-state index is 10.3. The van der Waals surface area contributed by atoms with Gasteiger partial charge >= 0.3 is 0 Å². The second kappa shape index (κ2) is 5.51. The smallest absolute Gasteiger partial charge is 0.127 e. The molecule has 2 unspecified atom stereocenters. The Morgan fingerprint density at radius 2 is 1.95 bits per heavy atom. The predicted molar refractivity (Wildman–Crippen MR) is 86.0 cm³/mol. The number of hydrogen-bond donors (Lipinski definition) is 1. The highest BCUT2D eigenvalue weighted by molar-refractivity contribution is 9.10. The van der Waals surface area contributed by atoms with Gasteiger partial charge in [0.1, 0.15) is 11.9 Å². The molecule has 1 heterocycles. The molecule has 1 aliphatic rings. The molecule has 2 nitrogen and oxygen atoms in total. The maximum absolute atomic E-state index is 10.3. The lowest BCUT2D eigenvalue weighted by Gasteiger charge is -2.30. The molecule has 1 N–H and O–H groups in total. The third-order valence-electron chi connectivity index (χ3n) is 3.61.